The van der Waals surface area contributed by atoms with E-state index in [9.17, 15) is 33.6 Å². The van der Waals surface area contributed by atoms with Crippen molar-refractivity contribution in [2.75, 3.05) is 33.5 Å². The molecule has 370 valence electrons. The van der Waals surface area contributed by atoms with Gasteiger partial charge in [-0.25, -0.2) is 10.9 Å². The molecule has 0 aliphatic carbocycles. The van der Waals surface area contributed by atoms with Gasteiger partial charge in [-0.05, 0) is 114 Å². The van der Waals surface area contributed by atoms with Crippen molar-refractivity contribution in [3.63, 3.8) is 0 Å². The first kappa shape index (κ1) is 63.6. The van der Waals surface area contributed by atoms with E-state index in [2.05, 4.69) is 21.4 Å². The lowest BCUT2D eigenvalue weighted by Gasteiger charge is -2.38. The number of hydrogen-bond acceptors (Lipinski definition) is 19. The van der Waals surface area contributed by atoms with Crippen LogP contribution in [0.25, 0.3) is 0 Å². The van der Waals surface area contributed by atoms with Gasteiger partial charge < -0.3 is 51.0 Å². The second-order valence-corrected chi connectivity index (χ2v) is 17.1. The Kier molecular flexibility index (Phi) is 33.5. The number of hydrazone groups is 2. The van der Waals surface area contributed by atoms with Crippen LogP contribution >= 0.6 is 0 Å². The molecule has 0 aromatic heterocycles. The van der Waals surface area contributed by atoms with Crippen molar-refractivity contribution in [3.05, 3.63) is 0 Å². The van der Waals surface area contributed by atoms with Crippen LogP contribution in [0.4, 0.5) is 0 Å². The molecule has 21 heteroatoms. The topological polar surface area (TPSA) is 326 Å². The van der Waals surface area contributed by atoms with Crippen LogP contribution in [0.15, 0.2) is 10.2 Å². The van der Waals surface area contributed by atoms with Crippen LogP contribution < -0.4 is 28.1 Å². The number of ether oxygens (including phenoxy) is 6. The minimum absolute atomic E-state index is 0.0125. The zero-order valence-electron chi connectivity index (χ0n) is 40.8. The molecule has 21 nitrogen and oxygen atoms in total. The molecule has 0 heterocycles. The average Bonchev–Trinajstić information content (AvgIpc) is 3.21. The van der Waals surface area contributed by atoms with E-state index >= 15 is 0 Å². The molecule has 0 rings (SSSR count). The minimum atomic E-state index is -1.06. The summed E-state index contributed by atoms with van der Waals surface area (Å²) in [6, 6.07) is 0. The highest BCUT2D eigenvalue weighted by atomic mass is 16.6. The molecule has 0 saturated heterocycles. The van der Waals surface area contributed by atoms with Crippen molar-refractivity contribution in [1.29, 1.82) is 5.41 Å². The Labute approximate surface area is 379 Å². The van der Waals surface area contributed by atoms with Gasteiger partial charge in [0.05, 0.1) is 50.2 Å². The number of aldehydes is 1. The molecule has 2 amide bonds. The number of nitrogens with two attached hydrogens (primary N) is 3. The zero-order valence-corrected chi connectivity index (χ0v) is 40.8. The van der Waals surface area contributed by atoms with Crippen molar-refractivity contribution in [1.82, 2.24) is 10.9 Å². The summed E-state index contributed by atoms with van der Waals surface area (Å²) in [6.07, 6.45) is 0.700. The number of esters is 4. The third-order valence-electron chi connectivity index (χ3n) is 9.04. The number of rotatable bonds is 29. The van der Waals surface area contributed by atoms with Crippen LogP contribution in [0.1, 0.15) is 141 Å². The molecular formula is C43H80N8O13. The van der Waals surface area contributed by atoms with E-state index < -0.39 is 41.5 Å². The summed E-state index contributed by atoms with van der Waals surface area (Å²) in [6.45, 7) is 23.4. The minimum Gasteiger partial charge on any atom is -0.463 e. The fourth-order valence-corrected chi connectivity index (χ4v) is 4.07. The largest absolute Gasteiger partial charge is 0.463 e. The van der Waals surface area contributed by atoms with Gasteiger partial charge in [-0.2, -0.15) is 10.2 Å². The third-order valence-corrected chi connectivity index (χ3v) is 9.04. The summed E-state index contributed by atoms with van der Waals surface area (Å²) in [5.74, 6) is -2.85. The van der Waals surface area contributed by atoms with Crippen molar-refractivity contribution >= 4 is 59.1 Å². The Hall–Kier alpha value is -4.70. The average molecular weight is 917 g/mol. The highest BCUT2D eigenvalue weighted by Gasteiger charge is 2.34. The van der Waals surface area contributed by atoms with Gasteiger partial charge in [0.1, 0.15) is 25.4 Å². The maximum atomic E-state index is 12.0. The first-order chi connectivity index (χ1) is 29.5. The molecule has 0 bridgehead atoms. The lowest BCUT2D eigenvalue weighted by atomic mass is 9.72. The molecule has 0 saturated carbocycles. The molecule has 4 unspecified atom stereocenters. The third kappa shape index (κ3) is 35.7. The molecular weight excluding hydrogens is 837 g/mol. The van der Waals surface area contributed by atoms with E-state index in [4.69, 9.17) is 45.3 Å². The van der Waals surface area contributed by atoms with E-state index in [0.717, 1.165) is 0 Å². The summed E-state index contributed by atoms with van der Waals surface area (Å²) >= 11 is 0. The van der Waals surface area contributed by atoms with Gasteiger partial charge >= 0.3 is 29.8 Å². The molecule has 0 spiro atoms. The van der Waals surface area contributed by atoms with Gasteiger partial charge in [-0.3, -0.25) is 33.6 Å². The Morgan fingerprint density at radius 3 is 1.38 bits per heavy atom. The highest BCUT2D eigenvalue weighted by Crippen LogP contribution is 2.33. The van der Waals surface area contributed by atoms with E-state index in [1.807, 2.05) is 33.1 Å². The SMILES string of the molecule is C/C(CCC(=O)OCC(C)OCC(C)OC(=O)CC/C(C)=N/NC(=O)C(C)(C)N)=N\NC(=O)C=O.CC(=N)CCC(=O)OCC(C)OCC(C)OC(=O)CCC(C)(C)C(C)(C)N.CN. The molecule has 0 aliphatic rings. The molecule has 9 N–H and O–H groups in total. The second-order valence-electron chi connectivity index (χ2n) is 17.1. The van der Waals surface area contributed by atoms with E-state index in [1.165, 1.54) is 7.05 Å². The maximum Gasteiger partial charge on any atom is 0.306 e. The van der Waals surface area contributed by atoms with Gasteiger partial charge in [0.15, 0.2) is 0 Å². The van der Waals surface area contributed by atoms with Gasteiger partial charge in [0.2, 0.25) is 6.29 Å². The number of carbonyl (C=O) groups excluding carboxylic acids is 7. The van der Waals surface area contributed by atoms with Crippen molar-refractivity contribution in [3.8, 4) is 0 Å². The lowest BCUT2D eigenvalue weighted by molar-refractivity contribution is -0.156. The van der Waals surface area contributed by atoms with Gasteiger partial charge in [-0.1, -0.05) is 13.8 Å². The fourth-order valence-electron chi connectivity index (χ4n) is 4.07. The fraction of sp³-hybridized carbons (Fsp3) is 0.767. The lowest BCUT2D eigenvalue weighted by Crippen LogP contribution is -2.47. The summed E-state index contributed by atoms with van der Waals surface area (Å²) in [5.41, 5.74) is 20.5. The van der Waals surface area contributed by atoms with Crippen LogP contribution in [0.5, 0.6) is 0 Å². The van der Waals surface area contributed by atoms with Gasteiger partial charge in [-0.15, -0.1) is 0 Å². The number of nitrogens with one attached hydrogen (secondary N) is 3. The van der Waals surface area contributed by atoms with E-state index in [-0.39, 0.29) is 93.5 Å². The normalized spacial score (nSPS) is 13.8. The van der Waals surface area contributed by atoms with Crippen LogP contribution in [-0.4, -0.2) is 128 Å². The van der Waals surface area contributed by atoms with Crippen LogP contribution in [0.3, 0.4) is 0 Å². The standard InChI is InChI=1S/C22H37N5O8.C20H38N2O5.CH5N/c1-14(24-26-18(29)11-28)7-9-19(30)34-12-16(3)33-13-17(4)35-20(31)10-8-15(2)25-27-21(32)22(5,6)23;1-14(21)8-9-17(23)26-12-15(2)25-13-16(3)27-18(24)10-11-19(4,5)20(6,7)22;1-2/h11,16-17H,7-10,12-13,23H2,1-6H3,(H,26,29)(H,27,32);15-16,21H,8-13,22H2,1-7H3;2H2,1H3/b24-14+,25-15+;;. The summed E-state index contributed by atoms with van der Waals surface area (Å²) in [5, 5.41) is 14.9. The smallest absolute Gasteiger partial charge is 0.306 e. The quantitative estimate of drug-likeness (QED) is 0.0157. The van der Waals surface area contributed by atoms with E-state index in [1.54, 1.807) is 62.3 Å². The molecule has 0 radical (unpaired) electrons. The highest BCUT2D eigenvalue weighted by molar-refractivity contribution is 6.23. The van der Waals surface area contributed by atoms with Crippen LogP contribution in [0.2, 0.25) is 0 Å². The molecule has 4 atom stereocenters. The number of nitrogens with zero attached hydrogens (tertiary/aromatic N) is 2. The van der Waals surface area contributed by atoms with E-state index in [0.29, 0.717) is 42.8 Å². The maximum absolute atomic E-state index is 12.0. The first-order valence-electron chi connectivity index (χ1n) is 21.2. The molecule has 0 fully saturated rings. The first-order valence-corrected chi connectivity index (χ1v) is 21.2. The Morgan fingerprint density at radius 2 is 0.984 bits per heavy atom. The Bertz CT molecular complexity index is 1520. The summed E-state index contributed by atoms with van der Waals surface area (Å²) in [7, 11) is 1.50. The van der Waals surface area contributed by atoms with Crippen molar-refractivity contribution in [2.45, 2.75) is 177 Å². The van der Waals surface area contributed by atoms with Crippen LogP contribution in [-0.2, 0) is 62.0 Å². The van der Waals surface area contributed by atoms with Crippen LogP contribution in [0, 0.1) is 10.8 Å². The summed E-state index contributed by atoms with van der Waals surface area (Å²) < 4.78 is 31.9. The predicted molar refractivity (Wildman–Crippen MR) is 243 cm³/mol. The van der Waals surface area contributed by atoms with Crippen molar-refractivity contribution < 1.29 is 62.0 Å². The van der Waals surface area contributed by atoms with Crippen molar-refractivity contribution in [2.24, 2.45) is 32.8 Å². The Morgan fingerprint density at radius 1 is 0.594 bits per heavy atom. The second kappa shape index (κ2) is 33.8. The molecule has 64 heavy (non-hydrogen) atoms. The number of hydrogen-bond donors (Lipinski definition) is 6. The predicted octanol–water partition coefficient (Wildman–Crippen LogP) is 3.15. The van der Waals surface area contributed by atoms with Gasteiger partial charge in [0, 0.05) is 29.1 Å². The monoisotopic (exact) mass is 917 g/mol. The number of amides is 2. The summed E-state index contributed by atoms with van der Waals surface area (Å²) in [4.78, 5) is 80.0. The molecule has 0 aliphatic heterocycles. The number of carbonyl (C=O) groups is 7. The zero-order chi connectivity index (χ0) is 50.3. The Balaban J connectivity index is -0.00000115. The van der Waals surface area contributed by atoms with Gasteiger partial charge in [0.25, 0.3) is 5.91 Å². The molecule has 0 aromatic carbocycles. The molecule has 0 aromatic rings.